The molecule has 2 N–H and O–H groups in total. The minimum atomic E-state index is -1.61. The van der Waals surface area contributed by atoms with Gasteiger partial charge in [0.2, 0.25) is 0 Å². The van der Waals surface area contributed by atoms with Crippen LogP contribution in [-0.4, -0.2) is 28.1 Å². The summed E-state index contributed by atoms with van der Waals surface area (Å²) < 4.78 is 0. The number of Topliss-reactive ketones (excluding diaryl/α,β-unsaturated/α-hetero) is 1. The molecule has 1 heterocycles. The first-order valence-corrected chi connectivity index (χ1v) is 4.93. The van der Waals surface area contributed by atoms with Crippen molar-refractivity contribution < 1.29 is 19.5 Å². The number of fused-ring (bicyclic) bond motifs is 1. The normalized spacial score (nSPS) is 12.2. The lowest BCUT2D eigenvalue weighted by molar-refractivity contribution is -0.150. The van der Waals surface area contributed by atoms with Gasteiger partial charge in [0, 0.05) is 11.2 Å². The number of aliphatic carboxylic acids is 1. The van der Waals surface area contributed by atoms with E-state index in [9.17, 15) is 14.4 Å². The third-order valence-electron chi connectivity index (χ3n) is 2.52. The van der Waals surface area contributed by atoms with Crippen LogP contribution in [0.15, 0.2) is 30.3 Å². The number of H-pyrrole nitrogens is 1. The molecule has 0 spiro atoms. The molecule has 0 saturated carbocycles. The van der Waals surface area contributed by atoms with E-state index in [2.05, 4.69) is 4.98 Å². The number of carboxylic acids is 1. The Bertz CT molecular complexity index is 566. The Morgan fingerprint density at radius 1 is 1.29 bits per heavy atom. The molecule has 86 valence electrons. The highest BCUT2D eigenvalue weighted by Gasteiger charge is 2.27. The van der Waals surface area contributed by atoms with Crippen molar-refractivity contribution in [3.8, 4) is 0 Å². The van der Waals surface area contributed by atoms with E-state index in [1.807, 2.05) is 12.1 Å². The van der Waals surface area contributed by atoms with Gasteiger partial charge in [0.25, 0.3) is 5.78 Å². The van der Waals surface area contributed by atoms with Crippen LogP contribution < -0.4 is 0 Å². The molecule has 17 heavy (non-hydrogen) atoms. The first-order valence-electron chi connectivity index (χ1n) is 4.93. The number of carboxylic acid groups (broad SMARTS) is 1. The van der Waals surface area contributed by atoms with E-state index >= 15 is 0 Å². The summed E-state index contributed by atoms with van der Waals surface area (Å²) in [6.45, 7) is 0. The van der Waals surface area contributed by atoms with Crippen molar-refractivity contribution in [2.24, 2.45) is 0 Å². The smallest absolute Gasteiger partial charge is 0.373 e. The number of aldehydes is 1. The maximum absolute atomic E-state index is 11.3. The van der Waals surface area contributed by atoms with Crippen molar-refractivity contribution in [2.75, 3.05) is 0 Å². The summed E-state index contributed by atoms with van der Waals surface area (Å²) in [4.78, 5) is 35.6. The number of rotatable bonds is 4. The molecule has 0 aliphatic carbocycles. The topological polar surface area (TPSA) is 87.2 Å². The Labute approximate surface area is 96.1 Å². The van der Waals surface area contributed by atoms with Gasteiger partial charge < -0.3 is 14.9 Å². The van der Waals surface area contributed by atoms with Gasteiger partial charge in [-0.3, -0.25) is 4.79 Å². The van der Waals surface area contributed by atoms with Crippen molar-refractivity contribution in [3.05, 3.63) is 36.0 Å². The Balaban J connectivity index is 2.47. The van der Waals surface area contributed by atoms with Gasteiger partial charge in [0.15, 0.2) is 0 Å². The second-order valence-corrected chi connectivity index (χ2v) is 3.60. The van der Waals surface area contributed by atoms with Crippen molar-refractivity contribution in [1.29, 1.82) is 0 Å². The fraction of sp³-hybridized carbons (Fsp3) is 0.0833. The highest BCUT2D eigenvalue weighted by Crippen LogP contribution is 2.20. The first-order chi connectivity index (χ1) is 8.13. The molecule has 1 aromatic carbocycles. The lowest BCUT2D eigenvalue weighted by Gasteiger charge is -2.02. The zero-order chi connectivity index (χ0) is 12.4. The zero-order valence-electron chi connectivity index (χ0n) is 8.71. The van der Waals surface area contributed by atoms with Crippen LogP contribution in [0.3, 0.4) is 0 Å². The molecule has 0 amide bonds. The maximum atomic E-state index is 11.3. The summed E-state index contributed by atoms with van der Waals surface area (Å²) in [6, 6.07) is 8.82. The third-order valence-corrected chi connectivity index (χ3v) is 2.52. The minimum absolute atomic E-state index is 0.300. The van der Waals surface area contributed by atoms with Gasteiger partial charge in [-0.25, -0.2) is 4.79 Å². The molecule has 0 saturated heterocycles. The van der Waals surface area contributed by atoms with Crippen molar-refractivity contribution in [1.82, 2.24) is 4.98 Å². The van der Waals surface area contributed by atoms with E-state index in [1.54, 1.807) is 18.2 Å². The van der Waals surface area contributed by atoms with Gasteiger partial charge in [-0.05, 0) is 17.5 Å². The van der Waals surface area contributed by atoms with Gasteiger partial charge in [0.05, 0.1) is 0 Å². The number of hydrogen-bond donors (Lipinski definition) is 2. The number of para-hydroxylation sites is 1. The molecule has 1 unspecified atom stereocenters. The lowest BCUT2D eigenvalue weighted by atomic mass is 10.0. The third kappa shape index (κ3) is 1.94. The Kier molecular flexibility index (Phi) is 2.74. The molecular weight excluding hydrogens is 222 g/mol. The van der Waals surface area contributed by atoms with Crippen LogP contribution in [0.2, 0.25) is 0 Å². The molecule has 5 nitrogen and oxygen atoms in total. The van der Waals surface area contributed by atoms with E-state index in [-0.39, 0.29) is 0 Å². The van der Waals surface area contributed by atoms with Gasteiger partial charge in [0.1, 0.15) is 12.2 Å². The van der Waals surface area contributed by atoms with Gasteiger partial charge in [-0.15, -0.1) is 0 Å². The van der Waals surface area contributed by atoms with Gasteiger partial charge in [-0.1, -0.05) is 18.2 Å². The van der Waals surface area contributed by atoms with E-state index in [0.29, 0.717) is 12.0 Å². The minimum Gasteiger partial charge on any atom is -0.475 e. The van der Waals surface area contributed by atoms with Crippen molar-refractivity contribution in [2.45, 2.75) is 5.92 Å². The molecule has 0 aliphatic heterocycles. The Morgan fingerprint density at radius 2 is 2.00 bits per heavy atom. The van der Waals surface area contributed by atoms with Crippen LogP contribution in [0.1, 0.15) is 11.6 Å². The van der Waals surface area contributed by atoms with E-state index in [0.717, 1.165) is 10.9 Å². The molecule has 1 atom stereocenters. The molecule has 0 fully saturated rings. The Hall–Kier alpha value is -2.43. The first kappa shape index (κ1) is 11.1. The lowest BCUT2D eigenvalue weighted by Crippen LogP contribution is -2.22. The van der Waals surface area contributed by atoms with E-state index < -0.39 is 17.7 Å². The summed E-state index contributed by atoms with van der Waals surface area (Å²) in [5.74, 6) is -4.02. The number of aromatic nitrogens is 1. The van der Waals surface area contributed by atoms with E-state index in [4.69, 9.17) is 5.11 Å². The maximum Gasteiger partial charge on any atom is 0.373 e. The van der Waals surface area contributed by atoms with E-state index in [1.165, 1.54) is 0 Å². The van der Waals surface area contributed by atoms with Crippen molar-refractivity contribution >= 4 is 28.9 Å². The highest BCUT2D eigenvalue weighted by molar-refractivity contribution is 6.38. The number of carbonyl (C=O) groups is 3. The van der Waals surface area contributed by atoms with Crippen molar-refractivity contribution in [3.63, 3.8) is 0 Å². The summed E-state index contributed by atoms with van der Waals surface area (Å²) in [5.41, 5.74) is 1.06. The summed E-state index contributed by atoms with van der Waals surface area (Å²) in [5, 5.41) is 9.42. The van der Waals surface area contributed by atoms with Crippen LogP contribution in [0.25, 0.3) is 10.9 Å². The predicted octanol–water partition coefficient (Wildman–Crippen LogP) is 1.10. The van der Waals surface area contributed by atoms with Crippen LogP contribution in [-0.2, 0) is 14.4 Å². The van der Waals surface area contributed by atoms with Gasteiger partial charge >= 0.3 is 5.97 Å². The monoisotopic (exact) mass is 231 g/mol. The average Bonchev–Trinajstić information content (AvgIpc) is 2.72. The largest absolute Gasteiger partial charge is 0.475 e. The van der Waals surface area contributed by atoms with Gasteiger partial charge in [-0.2, -0.15) is 0 Å². The summed E-state index contributed by atoms with van der Waals surface area (Å²) >= 11 is 0. The molecule has 2 aromatic rings. The quantitative estimate of drug-likeness (QED) is 0.468. The average molecular weight is 231 g/mol. The Morgan fingerprint density at radius 3 is 2.59 bits per heavy atom. The molecular formula is C12H9NO4. The second-order valence-electron chi connectivity index (χ2n) is 3.60. The van der Waals surface area contributed by atoms with Crippen LogP contribution >= 0.6 is 0 Å². The second kappa shape index (κ2) is 4.21. The number of carbonyl (C=O) groups excluding carboxylic acids is 2. The number of nitrogens with one attached hydrogen (secondary N) is 1. The molecule has 2 rings (SSSR count). The molecule has 0 radical (unpaired) electrons. The standard InChI is InChI=1S/C12H9NO4/c14-6-8(11(15)12(16)17)10-5-7-3-1-2-4-9(7)13-10/h1-6,8,13H,(H,16,17). The molecule has 5 heteroatoms. The number of ketones is 1. The summed E-state index contributed by atoms with van der Waals surface area (Å²) in [6.07, 6.45) is 0.334. The predicted molar refractivity (Wildman–Crippen MR) is 59.7 cm³/mol. The molecule has 0 aliphatic rings. The number of hydrogen-bond acceptors (Lipinski definition) is 3. The highest BCUT2D eigenvalue weighted by atomic mass is 16.4. The number of benzene rings is 1. The molecule has 0 bridgehead atoms. The van der Waals surface area contributed by atoms with Crippen LogP contribution in [0.4, 0.5) is 0 Å². The number of aromatic amines is 1. The SMILES string of the molecule is O=CC(C(=O)C(=O)O)c1cc2ccccc2[nH]1. The molecule has 1 aromatic heterocycles. The van der Waals surface area contributed by atoms with Crippen LogP contribution in [0.5, 0.6) is 0 Å². The van der Waals surface area contributed by atoms with Crippen LogP contribution in [0, 0.1) is 0 Å². The fourth-order valence-corrected chi connectivity index (χ4v) is 1.67. The fourth-order valence-electron chi connectivity index (χ4n) is 1.67. The summed E-state index contributed by atoms with van der Waals surface area (Å²) in [7, 11) is 0. The zero-order valence-corrected chi connectivity index (χ0v) is 8.71.